The van der Waals surface area contributed by atoms with E-state index in [0.29, 0.717) is 12.1 Å². The zero-order valence-corrected chi connectivity index (χ0v) is 7.15. The summed E-state index contributed by atoms with van der Waals surface area (Å²) in [7, 11) is 0. The molecule has 0 aliphatic rings. The molecule has 72 valence electrons. The highest BCUT2D eigenvalue weighted by Crippen LogP contribution is 2.32. The average molecular weight is 189 g/mol. The summed E-state index contributed by atoms with van der Waals surface area (Å²) in [5.74, 6) is 0. The molecular weight excluding hydrogens is 179 g/mol. The molecule has 1 aromatic carbocycles. The first kappa shape index (κ1) is 9.89. The molecule has 13 heavy (non-hydrogen) atoms. The van der Waals surface area contributed by atoms with Crippen molar-refractivity contribution in [2.24, 2.45) is 0 Å². The van der Waals surface area contributed by atoms with Crippen LogP contribution in [-0.4, -0.2) is 0 Å². The second-order valence-corrected chi connectivity index (χ2v) is 2.77. The van der Waals surface area contributed by atoms with Gasteiger partial charge in [0, 0.05) is 5.69 Å². The SMILES string of the molecule is CCc1cc(N)ccc1C(F)(F)F. The van der Waals surface area contributed by atoms with Crippen molar-refractivity contribution in [3.8, 4) is 0 Å². The Morgan fingerprint density at radius 3 is 2.38 bits per heavy atom. The van der Waals surface area contributed by atoms with Gasteiger partial charge in [-0.3, -0.25) is 0 Å². The third kappa shape index (κ3) is 2.14. The van der Waals surface area contributed by atoms with Gasteiger partial charge in [0.25, 0.3) is 0 Å². The van der Waals surface area contributed by atoms with Crippen molar-refractivity contribution >= 4 is 5.69 Å². The molecule has 0 heterocycles. The maximum absolute atomic E-state index is 12.3. The number of alkyl halides is 3. The number of nitrogen functional groups attached to an aromatic ring is 1. The Hall–Kier alpha value is -1.19. The summed E-state index contributed by atoms with van der Waals surface area (Å²) in [6.07, 6.45) is -3.95. The molecule has 2 N–H and O–H groups in total. The average Bonchev–Trinajstić information content (AvgIpc) is 2.01. The largest absolute Gasteiger partial charge is 0.416 e. The lowest BCUT2D eigenvalue weighted by molar-refractivity contribution is -0.138. The molecule has 0 aliphatic heterocycles. The van der Waals surface area contributed by atoms with Crippen LogP contribution in [0.1, 0.15) is 18.1 Å². The molecule has 0 aliphatic carbocycles. The molecule has 0 spiro atoms. The predicted molar refractivity (Wildman–Crippen MR) is 45.2 cm³/mol. The number of halogens is 3. The molecule has 0 atom stereocenters. The van der Waals surface area contributed by atoms with Crippen LogP contribution in [0.5, 0.6) is 0 Å². The molecule has 0 fully saturated rings. The zero-order valence-electron chi connectivity index (χ0n) is 7.15. The molecule has 1 rings (SSSR count). The Balaban J connectivity index is 3.22. The summed E-state index contributed by atoms with van der Waals surface area (Å²) in [5, 5.41) is 0. The fraction of sp³-hybridized carbons (Fsp3) is 0.333. The van der Waals surface area contributed by atoms with Gasteiger partial charge in [0.2, 0.25) is 0 Å². The number of benzene rings is 1. The highest BCUT2D eigenvalue weighted by molar-refractivity contribution is 5.45. The summed E-state index contributed by atoms with van der Waals surface area (Å²) in [6.45, 7) is 1.67. The molecule has 0 bridgehead atoms. The number of hydrogen-bond donors (Lipinski definition) is 1. The smallest absolute Gasteiger partial charge is 0.399 e. The number of anilines is 1. The minimum absolute atomic E-state index is 0.243. The van der Waals surface area contributed by atoms with Gasteiger partial charge in [-0.05, 0) is 30.2 Å². The van der Waals surface area contributed by atoms with Gasteiger partial charge in [0.1, 0.15) is 0 Å². The van der Waals surface area contributed by atoms with Crippen molar-refractivity contribution in [3.05, 3.63) is 29.3 Å². The van der Waals surface area contributed by atoms with Gasteiger partial charge in [-0.25, -0.2) is 0 Å². The Labute approximate surface area is 74.4 Å². The van der Waals surface area contributed by atoms with Gasteiger partial charge >= 0.3 is 6.18 Å². The molecule has 0 amide bonds. The van der Waals surface area contributed by atoms with E-state index in [1.165, 1.54) is 12.1 Å². The van der Waals surface area contributed by atoms with E-state index in [0.717, 1.165) is 6.07 Å². The Kier molecular flexibility index (Phi) is 2.50. The van der Waals surface area contributed by atoms with Crippen LogP contribution in [0.25, 0.3) is 0 Å². The van der Waals surface area contributed by atoms with E-state index in [1.54, 1.807) is 6.92 Å². The minimum atomic E-state index is -4.28. The monoisotopic (exact) mass is 189 g/mol. The van der Waals surface area contributed by atoms with Gasteiger partial charge in [0.15, 0.2) is 0 Å². The predicted octanol–water partition coefficient (Wildman–Crippen LogP) is 2.85. The van der Waals surface area contributed by atoms with Crippen LogP contribution in [0.4, 0.5) is 18.9 Å². The van der Waals surface area contributed by atoms with Crippen LogP contribution in [0, 0.1) is 0 Å². The number of nitrogens with two attached hydrogens (primary N) is 1. The number of hydrogen-bond acceptors (Lipinski definition) is 1. The van der Waals surface area contributed by atoms with Crippen molar-refractivity contribution in [2.45, 2.75) is 19.5 Å². The first-order valence-electron chi connectivity index (χ1n) is 3.90. The second-order valence-electron chi connectivity index (χ2n) is 2.77. The second kappa shape index (κ2) is 3.28. The Morgan fingerprint density at radius 1 is 1.31 bits per heavy atom. The van der Waals surface area contributed by atoms with E-state index >= 15 is 0 Å². The first-order chi connectivity index (χ1) is 5.95. The third-order valence-electron chi connectivity index (χ3n) is 1.82. The zero-order chi connectivity index (χ0) is 10.1. The van der Waals surface area contributed by atoms with Crippen molar-refractivity contribution < 1.29 is 13.2 Å². The van der Waals surface area contributed by atoms with Gasteiger partial charge in [-0.15, -0.1) is 0 Å². The highest BCUT2D eigenvalue weighted by atomic mass is 19.4. The molecule has 0 saturated carbocycles. The summed E-state index contributed by atoms with van der Waals surface area (Å²) in [4.78, 5) is 0. The topological polar surface area (TPSA) is 26.0 Å². The van der Waals surface area contributed by atoms with E-state index in [-0.39, 0.29) is 5.56 Å². The Morgan fingerprint density at radius 2 is 1.92 bits per heavy atom. The van der Waals surface area contributed by atoms with E-state index < -0.39 is 11.7 Å². The maximum Gasteiger partial charge on any atom is 0.416 e. The number of rotatable bonds is 1. The van der Waals surface area contributed by atoms with Gasteiger partial charge in [-0.1, -0.05) is 6.92 Å². The highest BCUT2D eigenvalue weighted by Gasteiger charge is 2.32. The van der Waals surface area contributed by atoms with E-state index in [1.807, 2.05) is 0 Å². The van der Waals surface area contributed by atoms with Crippen molar-refractivity contribution in [3.63, 3.8) is 0 Å². The molecule has 4 heteroatoms. The van der Waals surface area contributed by atoms with E-state index in [4.69, 9.17) is 5.73 Å². The quantitative estimate of drug-likeness (QED) is 0.675. The molecule has 1 aromatic rings. The van der Waals surface area contributed by atoms with Crippen molar-refractivity contribution in [1.82, 2.24) is 0 Å². The third-order valence-corrected chi connectivity index (χ3v) is 1.82. The fourth-order valence-electron chi connectivity index (χ4n) is 1.18. The van der Waals surface area contributed by atoms with Gasteiger partial charge < -0.3 is 5.73 Å². The molecule has 0 radical (unpaired) electrons. The number of aryl methyl sites for hydroxylation is 1. The normalized spacial score (nSPS) is 11.7. The van der Waals surface area contributed by atoms with Crippen LogP contribution < -0.4 is 5.73 Å². The van der Waals surface area contributed by atoms with Crippen molar-refractivity contribution in [1.29, 1.82) is 0 Å². The van der Waals surface area contributed by atoms with Crippen LogP contribution in [0.2, 0.25) is 0 Å². The summed E-state index contributed by atoms with van der Waals surface area (Å²) in [5.41, 5.74) is 5.39. The van der Waals surface area contributed by atoms with Crippen molar-refractivity contribution in [2.75, 3.05) is 5.73 Å². The lowest BCUT2D eigenvalue weighted by Crippen LogP contribution is -2.09. The Bertz CT molecular complexity index is 304. The first-order valence-corrected chi connectivity index (χ1v) is 3.90. The molecule has 1 nitrogen and oxygen atoms in total. The minimum Gasteiger partial charge on any atom is -0.399 e. The molecule has 0 saturated heterocycles. The van der Waals surface area contributed by atoms with Crippen LogP contribution in [0.3, 0.4) is 0 Å². The maximum atomic E-state index is 12.3. The van der Waals surface area contributed by atoms with Crippen LogP contribution >= 0.6 is 0 Å². The lowest BCUT2D eigenvalue weighted by Gasteiger charge is -2.11. The molecule has 0 unspecified atom stereocenters. The summed E-state index contributed by atoms with van der Waals surface area (Å²) >= 11 is 0. The van der Waals surface area contributed by atoms with Crippen LogP contribution in [0.15, 0.2) is 18.2 Å². The molecular formula is C9H10F3N. The van der Waals surface area contributed by atoms with Gasteiger partial charge in [-0.2, -0.15) is 13.2 Å². The fourth-order valence-corrected chi connectivity index (χ4v) is 1.18. The van der Waals surface area contributed by atoms with Crippen LogP contribution in [-0.2, 0) is 12.6 Å². The lowest BCUT2D eigenvalue weighted by atomic mass is 10.0. The molecule has 0 aromatic heterocycles. The van der Waals surface area contributed by atoms with Gasteiger partial charge in [0.05, 0.1) is 5.56 Å². The summed E-state index contributed by atoms with van der Waals surface area (Å²) in [6, 6.07) is 3.65. The summed E-state index contributed by atoms with van der Waals surface area (Å²) < 4.78 is 37.0. The standard InChI is InChI=1S/C9H10F3N/c1-2-6-5-7(13)3-4-8(6)9(10,11)12/h3-5H,2,13H2,1H3. The van der Waals surface area contributed by atoms with E-state index in [2.05, 4.69) is 0 Å². The van der Waals surface area contributed by atoms with E-state index in [9.17, 15) is 13.2 Å².